The first-order valence-corrected chi connectivity index (χ1v) is 7.90. The molecule has 3 rings (SSSR count). The van der Waals surface area contributed by atoms with E-state index in [1.807, 2.05) is 32.0 Å². The molecule has 0 amide bonds. The topological polar surface area (TPSA) is 70.5 Å². The molecule has 130 valence electrons. The van der Waals surface area contributed by atoms with Gasteiger partial charge in [0.15, 0.2) is 11.5 Å². The molecule has 0 saturated heterocycles. The standard InChI is InChI=1S/C18H17ClN2O4/c1-10-7-13(11(2)24-10)17-20-21-18(25-17)14(19)8-12-5-6-15(22-3)16(9-12)23-4/h5-9H,1-4H3/b14-8-. The highest BCUT2D eigenvalue weighted by Gasteiger charge is 2.16. The van der Waals surface area contributed by atoms with Crippen LogP contribution in [0.2, 0.25) is 0 Å². The summed E-state index contributed by atoms with van der Waals surface area (Å²) in [6, 6.07) is 7.30. The van der Waals surface area contributed by atoms with E-state index in [4.69, 9.17) is 29.9 Å². The van der Waals surface area contributed by atoms with E-state index in [0.717, 1.165) is 16.9 Å². The Kier molecular flexibility index (Phi) is 4.81. The number of halogens is 1. The fourth-order valence-electron chi connectivity index (χ4n) is 2.42. The zero-order valence-corrected chi connectivity index (χ0v) is 15.0. The minimum Gasteiger partial charge on any atom is -0.493 e. The zero-order chi connectivity index (χ0) is 18.0. The van der Waals surface area contributed by atoms with Crippen LogP contribution in [0.25, 0.3) is 22.6 Å². The van der Waals surface area contributed by atoms with E-state index >= 15 is 0 Å². The van der Waals surface area contributed by atoms with Gasteiger partial charge in [0.25, 0.3) is 11.8 Å². The van der Waals surface area contributed by atoms with E-state index in [0.29, 0.717) is 28.2 Å². The van der Waals surface area contributed by atoms with Crippen LogP contribution in [0.5, 0.6) is 11.5 Å². The molecule has 1 aromatic carbocycles. The van der Waals surface area contributed by atoms with Crippen LogP contribution in [0.3, 0.4) is 0 Å². The van der Waals surface area contributed by atoms with Crippen LogP contribution < -0.4 is 9.47 Å². The van der Waals surface area contributed by atoms with Crippen LogP contribution in [0, 0.1) is 13.8 Å². The molecule has 7 heteroatoms. The average Bonchev–Trinajstić information content (AvgIpc) is 3.21. The minimum absolute atomic E-state index is 0.227. The molecule has 0 aliphatic carbocycles. The third kappa shape index (κ3) is 3.53. The summed E-state index contributed by atoms with van der Waals surface area (Å²) >= 11 is 6.33. The van der Waals surface area contributed by atoms with Gasteiger partial charge in [0.05, 0.1) is 19.8 Å². The first kappa shape index (κ1) is 17.1. The molecule has 3 aromatic rings. The van der Waals surface area contributed by atoms with Gasteiger partial charge in [-0.05, 0) is 43.7 Å². The Bertz CT molecular complexity index is 927. The highest BCUT2D eigenvalue weighted by atomic mass is 35.5. The van der Waals surface area contributed by atoms with Crippen molar-refractivity contribution in [1.29, 1.82) is 0 Å². The highest BCUT2D eigenvalue weighted by Crippen LogP contribution is 2.31. The second-order valence-electron chi connectivity index (χ2n) is 5.35. The quantitative estimate of drug-likeness (QED) is 0.656. The van der Waals surface area contributed by atoms with E-state index in [2.05, 4.69) is 10.2 Å². The first-order valence-electron chi connectivity index (χ1n) is 7.52. The van der Waals surface area contributed by atoms with E-state index < -0.39 is 0 Å². The number of rotatable bonds is 5. The zero-order valence-electron chi connectivity index (χ0n) is 14.3. The lowest BCUT2D eigenvalue weighted by molar-refractivity contribution is 0.355. The summed E-state index contributed by atoms with van der Waals surface area (Å²) in [5, 5.41) is 8.36. The Morgan fingerprint density at radius 2 is 1.80 bits per heavy atom. The van der Waals surface area contributed by atoms with Crippen molar-refractivity contribution >= 4 is 22.7 Å². The van der Waals surface area contributed by atoms with E-state index in [1.165, 1.54) is 0 Å². The molecule has 0 unspecified atom stereocenters. The summed E-state index contributed by atoms with van der Waals surface area (Å²) in [5.74, 6) is 3.33. The summed E-state index contributed by atoms with van der Waals surface area (Å²) in [7, 11) is 3.16. The molecule has 25 heavy (non-hydrogen) atoms. The number of hydrogen-bond donors (Lipinski definition) is 0. The van der Waals surface area contributed by atoms with Gasteiger partial charge in [-0.15, -0.1) is 10.2 Å². The van der Waals surface area contributed by atoms with E-state index in [-0.39, 0.29) is 5.89 Å². The van der Waals surface area contributed by atoms with Gasteiger partial charge in [0, 0.05) is 0 Å². The van der Waals surface area contributed by atoms with Crippen LogP contribution in [0.4, 0.5) is 0 Å². The maximum atomic E-state index is 6.33. The maximum absolute atomic E-state index is 6.33. The summed E-state index contributed by atoms with van der Waals surface area (Å²) in [5.41, 5.74) is 1.57. The third-order valence-electron chi connectivity index (χ3n) is 3.60. The Labute approximate surface area is 150 Å². The second kappa shape index (κ2) is 7.03. The van der Waals surface area contributed by atoms with Gasteiger partial charge in [-0.3, -0.25) is 0 Å². The van der Waals surface area contributed by atoms with Crippen molar-refractivity contribution in [1.82, 2.24) is 10.2 Å². The Morgan fingerprint density at radius 3 is 2.44 bits per heavy atom. The predicted octanol–water partition coefficient (Wildman–Crippen LogP) is 4.70. The molecule has 6 nitrogen and oxygen atoms in total. The Morgan fingerprint density at radius 1 is 1.04 bits per heavy atom. The molecule has 0 atom stereocenters. The predicted molar refractivity (Wildman–Crippen MR) is 94.7 cm³/mol. The van der Waals surface area contributed by atoms with Gasteiger partial charge in [0.1, 0.15) is 16.6 Å². The molecule has 0 N–H and O–H groups in total. The SMILES string of the molecule is COc1ccc(/C=C(\Cl)c2nnc(-c3cc(C)oc3C)o2)cc1OC. The van der Waals surface area contributed by atoms with Gasteiger partial charge in [-0.1, -0.05) is 17.7 Å². The van der Waals surface area contributed by atoms with Crippen molar-refractivity contribution in [3.05, 3.63) is 47.2 Å². The molecule has 0 aliphatic rings. The van der Waals surface area contributed by atoms with Crippen LogP contribution in [0.1, 0.15) is 23.0 Å². The summed E-state index contributed by atoms with van der Waals surface area (Å²) in [6.07, 6.45) is 1.72. The van der Waals surface area contributed by atoms with Crippen LogP contribution in [0.15, 0.2) is 33.1 Å². The fourth-order valence-corrected chi connectivity index (χ4v) is 2.62. The number of aromatic nitrogens is 2. The van der Waals surface area contributed by atoms with Gasteiger partial charge in [0.2, 0.25) is 0 Å². The number of benzene rings is 1. The van der Waals surface area contributed by atoms with Crippen molar-refractivity contribution in [2.75, 3.05) is 14.2 Å². The van der Waals surface area contributed by atoms with Crippen molar-refractivity contribution in [3.8, 4) is 23.0 Å². The van der Waals surface area contributed by atoms with Crippen molar-refractivity contribution in [2.24, 2.45) is 0 Å². The lowest BCUT2D eigenvalue weighted by Gasteiger charge is -2.07. The molecular weight excluding hydrogens is 344 g/mol. The fraction of sp³-hybridized carbons (Fsp3) is 0.222. The van der Waals surface area contributed by atoms with E-state index in [1.54, 1.807) is 26.4 Å². The molecule has 0 saturated carbocycles. The Hall–Kier alpha value is -2.73. The monoisotopic (exact) mass is 360 g/mol. The number of hydrogen-bond acceptors (Lipinski definition) is 6. The molecule has 0 bridgehead atoms. The summed E-state index contributed by atoms with van der Waals surface area (Å²) in [4.78, 5) is 0. The smallest absolute Gasteiger partial charge is 0.259 e. The number of methoxy groups -OCH3 is 2. The van der Waals surface area contributed by atoms with Crippen LogP contribution in [-0.2, 0) is 0 Å². The van der Waals surface area contributed by atoms with Gasteiger partial charge in [-0.2, -0.15) is 0 Å². The van der Waals surface area contributed by atoms with Crippen molar-refractivity contribution < 1.29 is 18.3 Å². The number of nitrogens with zero attached hydrogens (tertiary/aromatic N) is 2. The molecule has 0 fully saturated rings. The van der Waals surface area contributed by atoms with Crippen LogP contribution >= 0.6 is 11.6 Å². The normalized spacial score (nSPS) is 11.6. The molecule has 0 spiro atoms. The van der Waals surface area contributed by atoms with Gasteiger partial charge in [-0.25, -0.2) is 0 Å². The maximum Gasteiger partial charge on any atom is 0.259 e. The number of furan rings is 1. The molecular formula is C18H17ClN2O4. The molecule has 2 aromatic heterocycles. The third-order valence-corrected chi connectivity index (χ3v) is 3.87. The largest absolute Gasteiger partial charge is 0.493 e. The van der Waals surface area contributed by atoms with Crippen molar-refractivity contribution in [3.63, 3.8) is 0 Å². The first-order chi connectivity index (χ1) is 12.0. The highest BCUT2D eigenvalue weighted by molar-refractivity contribution is 6.50. The summed E-state index contributed by atoms with van der Waals surface area (Å²) < 4.78 is 21.6. The lowest BCUT2D eigenvalue weighted by Crippen LogP contribution is -1.90. The number of ether oxygens (including phenoxy) is 2. The van der Waals surface area contributed by atoms with Crippen molar-refractivity contribution in [2.45, 2.75) is 13.8 Å². The summed E-state index contributed by atoms with van der Waals surface area (Å²) in [6.45, 7) is 3.70. The second-order valence-corrected chi connectivity index (χ2v) is 5.75. The van der Waals surface area contributed by atoms with E-state index in [9.17, 15) is 0 Å². The molecule has 0 radical (unpaired) electrons. The molecule has 0 aliphatic heterocycles. The van der Waals surface area contributed by atoms with Gasteiger partial charge < -0.3 is 18.3 Å². The minimum atomic E-state index is 0.227. The van der Waals surface area contributed by atoms with Crippen LogP contribution in [-0.4, -0.2) is 24.4 Å². The average molecular weight is 361 g/mol. The van der Waals surface area contributed by atoms with Gasteiger partial charge >= 0.3 is 0 Å². The number of aryl methyl sites for hydroxylation is 2. The lowest BCUT2D eigenvalue weighted by atomic mass is 10.2. The molecule has 2 heterocycles. The Balaban J connectivity index is 1.90.